The van der Waals surface area contributed by atoms with Gasteiger partial charge in [-0.3, -0.25) is 9.59 Å². The second-order valence-electron chi connectivity index (χ2n) is 6.07. The minimum atomic E-state index is -0.352. The molecule has 1 unspecified atom stereocenters. The Labute approximate surface area is 153 Å². The van der Waals surface area contributed by atoms with Gasteiger partial charge >= 0.3 is 0 Å². The van der Waals surface area contributed by atoms with E-state index in [9.17, 15) is 9.59 Å². The number of carbonyl (C=O) groups is 1. The summed E-state index contributed by atoms with van der Waals surface area (Å²) >= 11 is 0. The minimum Gasteiger partial charge on any atom is -0.344 e. The van der Waals surface area contributed by atoms with Crippen LogP contribution in [0.15, 0.2) is 66.0 Å². The number of rotatable bonds is 4. The Hall–Kier alpha value is -3.81. The zero-order valence-corrected chi connectivity index (χ0v) is 14.5. The number of amides is 1. The molecule has 0 saturated heterocycles. The molecule has 2 heterocycles. The van der Waals surface area contributed by atoms with Crippen LogP contribution >= 0.6 is 0 Å². The minimum absolute atomic E-state index is 0.191. The van der Waals surface area contributed by atoms with Gasteiger partial charge < -0.3 is 5.32 Å². The molecule has 4 rings (SSSR count). The van der Waals surface area contributed by atoms with Gasteiger partial charge in [-0.05, 0) is 30.7 Å². The Balaban J connectivity index is 1.56. The first-order valence-corrected chi connectivity index (χ1v) is 8.37. The number of aromatic nitrogens is 5. The molecule has 8 nitrogen and oxygen atoms in total. The van der Waals surface area contributed by atoms with Crippen LogP contribution in [0, 0.1) is 0 Å². The average molecular weight is 360 g/mol. The van der Waals surface area contributed by atoms with Crippen LogP contribution in [0.3, 0.4) is 0 Å². The van der Waals surface area contributed by atoms with Gasteiger partial charge in [-0.15, -0.1) is 0 Å². The molecule has 0 radical (unpaired) electrons. The van der Waals surface area contributed by atoms with Crippen LogP contribution < -0.4 is 10.9 Å². The van der Waals surface area contributed by atoms with Crippen LogP contribution in [0.4, 0.5) is 0 Å². The SMILES string of the molecule is CC(NC(=O)c1n[nH]c(=O)c2ccccc12)c1ccc(-n2cncn2)cc1. The van der Waals surface area contributed by atoms with Gasteiger partial charge in [0.05, 0.1) is 17.1 Å². The lowest BCUT2D eigenvalue weighted by Crippen LogP contribution is -2.29. The van der Waals surface area contributed by atoms with E-state index < -0.39 is 0 Å². The van der Waals surface area contributed by atoms with Crippen LogP contribution in [0.1, 0.15) is 29.0 Å². The monoisotopic (exact) mass is 360 g/mol. The molecule has 0 aliphatic heterocycles. The largest absolute Gasteiger partial charge is 0.344 e. The smallest absolute Gasteiger partial charge is 0.272 e. The number of hydrogen-bond donors (Lipinski definition) is 2. The van der Waals surface area contributed by atoms with Gasteiger partial charge in [0.2, 0.25) is 0 Å². The summed E-state index contributed by atoms with van der Waals surface area (Å²) in [6, 6.07) is 14.3. The third-order valence-electron chi connectivity index (χ3n) is 4.34. The fourth-order valence-corrected chi connectivity index (χ4v) is 2.89. The van der Waals surface area contributed by atoms with Crippen LogP contribution in [0.25, 0.3) is 16.5 Å². The highest BCUT2D eigenvalue weighted by Crippen LogP contribution is 2.17. The van der Waals surface area contributed by atoms with Gasteiger partial charge in [-0.25, -0.2) is 14.8 Å². The molecular formula is C19H16N6O2. The molecule has 1 atom stereocenters. The summed E-state index contributed by atoms with van der Waals surface area (Å²) in [4.78, 5) is 28.5. The molecule has 0 fully saturated rings. The zero-order valence-electron chi connectivity index (χ0n) is 14.5. The predicted octanol–water partition coefficient (Wildman–Crippen LogP) is 1.99. The zero-order chi connectivity index (χ0) is 18.8. The Kier molecular flexibility index (Phi) is 4.21. The van der Waals surface area contributed by atoms with E-state index in [1.54, 1.807) is 35.3 Å². The molecule has 0 spiro atoms. The highest BCUT2D eigenvalue weighted by Gasteiger charge is 2.17. The fraction of sp³-hybridized carbons (Fsp3) is 0.105. The summed E-state index contributed by atoms with van der Waals surface area (Å²) in [5.74, 6) is -0.352. The molecule has 2 aromatic carbocycles. The maximum Gasteiger partial charge on any atom is 0.272 e. The fourth-order valence-electron chi connectivity index (χ4n) is 2.89. The highest BCUT2D eigenvalue weighted by molar-refractivity contribution is 6.04. The molecule has 0 saturated carbocycles. The lowest BCUT2D eigenvalue weighted by Gasteiger charge is -2.15. The standard InChI is InChI=1S/C19H16N6O2/c1-12(13-6-8-14(9-7-13)25-11-20-10-21-25)22-19(27)17-15-4-2-3-5-16(15)18(26)24-23-17/h2-12H,1H3,(H,22,27)(H,24,26). The third-order valence-corrected chi connectivity index (χ3v) is 4.34. The molecule has 8 heteroatoms. The van der Waals surface area contributed by atoms with Crippen molar-refractivity contribution in [2.75, 3.05) is 0 Å². The van der Waals surface area contributed by atoms with Crippen molar-refractivity contribution >= 4 is 16.7 Å². The van der Waals surface area contributed by atoms with Crippen molar-refractivity contribution in [2.45, 2.75) is 13.0 Å². The third kappa shape index (κ3) is 3.20. The van der Waals surface area contributed by atoms with Crippen LogP contribution in [-0.2, 0) is 0 Å². The quantitative estimate of drug-likeness (QED) is 0.579. The van der Waals surface area contributed by atoms with Gasteiger partial charge in [0.1, 0.15) is 12.7 Å². The van der Waals surface area contributed by atoms with E-state index in [0.717, 1.165) is 11.3 Å². The summed E-state index contributed by atoms with van der Waals surface area (Å²) in [7, 11) is 0. The van der Waals surface area contributed by atoms with Gasteiger partial charge in [-0.1, -0.05) is 30.3 Å². The average Bonchev–Trinajstić information content (AvgIpc) is 3.23. The van der Waals surface area contributed by atoms with E-state index in [2.05, 4.69) is 25.6 Å². The molecule has 27 heavy (non-hydrogen) atoms. The van der Waals surface area contributed by atoms with Crippen molar-refractivity contribution in [3.63, 3.8) is 0 Å². The summed E-state index contributed by atoms with van der Waals surface area (Å²) in [5.41, 5.74) is 1.68. The molecule has 2 aromatic heterocycles. The van der Waals surface area contributed by atoms with Crippen molar-refractivity contribution in [1.29, 1.82) is 0 Å². The Morgan fingerprint density at radius 1 is 1.11 bits per heavy atom. The first-order chi connectivity index (χ1) is 13.1. The van der Waals surface area contributed by atoms with Gasteiger partial charge in [0, 0.05) is 5.39 Å². The van der Waals surface area contributed by atoms with Gasteiger partial charge in [0.15, 0.2) is 5.69 Å². The van der Waals surface area contributed by atoms with E-state index in [4.69, 9.17) is 0 Å². The Bertz CT molecular complexity index is 1150. The summed E-state index contributed by atoms with van der Waals surface area (Å²) < 4.78 is 1.66. The van der Waals surface area contributed by atoms with Crippen LogP contribution in [0.5, 0.6) is 0 Å². The molecular weight excluding hydrogens is 344 g/mol. The Morgan fingerprint density at radius 3 is 2.56 bits per heavy atom. The second kappa shape index (κ2) is 6.83. The van der Waals surface area contributed by atoms with Crippen LogP contribution in [-0.4, -0.2) is 30.9 Å². The predicted molar refractivity (Wildman–Crippen MR) is 99.6 cm³/mol. The number of fused-ring (bicyclic) bond motifs is 1. The number of aromatic amines is 1. The van der Waals surface area contributed by atoms with E-state index in [1.165, 1.54) is 6.33 Å². The lowest BCUT2D eigenvalue weighted by molar-refractivity contribution is 0.0935. The first kappa shape index (κ1) is 16.6. The van der Waals surface area contributed by atoms with E-state index >= 15 is 0 Å². The van der Waals surface area contributed by atoms with E-state index in [1.807, 2.05) is 31.2 Å². The number of H-pyrrole nitrogens is 1. The second-order valence-corrected chi connectivity index (χ2v) is 6.07. The summed E-state index contributed by atoms with van der Waals surface area (Å²) in [6.07, 6.45) is 3.09. The molecule has 4 aromatic rings. The summed E-state index contributed by atoms with van der Waals surface area (Å²) in [6.45, 7) is 1.89. The molecule has 1 amide bonds. The van der Waals surface area contributed by atoms with Gasteiger partial charge in [0.25, 0.3) is 11.5 Å². The molecule has 2 N–H and O–H groups in total. The molecule has 0 aliphatic rings. The number of nitrogens with zero attached hydrogens (tertiary/aromatic N) is 4. The van der Waals surface area contributed by atoms with Crippen LogP contribution in [0.2, 0.25) is 0 Å². The van der Waals surface area contributed by atoms with E-state index in [0.29, 0.717) is 10.8 Å². The van der Waals surface area contributed by atoms with Crippen molar-refractivity contribution in [2.24, 2.45) is 0 Å². The van der Waals surface area contributed by atoms with Gasteiger partial charge in [-0.2, -0.15) is 10.2 Å². The highest BCUT2D eigenvalue weighted by atomic mass is 16.2. The molecule has 0 bridgehead atoms. The van der Waals surface area contributed by atoms with Crippen molar-refractivity contribution < 1.29 is 4.79 Å². The van der Waals surface area contributed by atoms with Crippen molar-refractivity contribution in [3.8, 4) is 5.69 Å². The molecule has 134 valence electrons. The number of carbonyl (C=O) groups excluding carboxylic acids is 1. The summed E-state index contributed by atoms with van der Waals surface area (Å²) in [5, 5.41) is 14.3. The maximum atomic E-state index is 12.7. The van der Waals surface area contributed by atoms with E-state index in [-0.39, 0.29) is 23.2 Å². The Morgan fingerprint density at radius 2 is 1.85 bits per heavy atom. The topological polar surface area (TPSA) is 106 Å². The number of nitrogens with one attached hydrogen (secondary N) is 2. The van der Waals surface area contributed by atoms with Crippen molar-refractivity contribution in [1.82, 2.24) is 30.3 Å². The van der Waals surface area contributed by atoms with Crippen molar-refractivity contribution in [3.05, 3.63) is 82.8 Å². The first-order valence-electron chi connectivity index (χ1n) is 8.37. The molecule has 0 aliphatic carbocycles. The number of hydrogen-bond acceptors (Lipinski definition) is 5. The normalized spacial score (nSPS) is 12.0. The lowest BCUT2D eigenvalue weighted by atomic mass is 10.1. The number of benzene rings is 2. The maximum absolute atomic E-state index is 12.7.